The van der Waals surface area contributed by atoms with Gasteiger partial charge in [0.2, 0.25) is 10.0 Å². The molecule has 8 heteroatoms. The average molecular weight is 315 g/mol. The number of carbonyl (C=O) groups excluding carboxylic acids is 1. The van der Waals surface area contributed by atoms with Crippen molar-refractivity contribution in [1.29, 1.82) is 0 Å². The lowest BCUT2D eigenvalue weighted by Crippen LogP contribution is -2.32. The van der Waals surface area contributed by atoms with Crippen LogP contribution in [0, 0.1) is 5.92 Å². The summed E-state index contributed by atoms with van der Waals surface area (Å²) in [5.74, 6) is -2.52. The van der Waals surface area contributed by atoms with Crippen molar-refractivity contribution in [2.45, 2.75) is 18.2 Å². The fourth-order valence-electron chi connectivity index (χ4n) is 1.61. The average Bonchev–Trinajstić information content (AvgIpc) is 2.46. The molecule has 21 heavy (non-hydrogen) atoms. The minimum Gasteiger partial charge on any atom is -0.481 e. The van der Waals surface area contributed by atoms with Crippen LogP contribution in [0.5, 0.6) is 0 Å². The highest BCUT2D eigenvalue weighted by Gasteiger charge is 2.21. The van der Waals surface area contributed by atoms with Crippen LogP contribution in [0.1, 0.15) is 23.7 Å². The van der Waals surface area contributed by atoms with Crippen molar-refractivity contribution in [1.82, 2.24) is 4.72 Å². The van der Waals surface area contributed by atoms with E-state index in [0.717, 1.165) is 0 Å². The Morgan fingerprint density at radius 2 is 2.05 bits per heavy atom. The Balaban J connectivity index is 2.93. The van der Waals surface area contributed by atoms with Crippen LogP contribution in [-0.4, -0.2) is 39.1 Å². The molecule has 0 fully saturated rings. The van der Waals surface area contributed by atoms with Crippen LogP contribution in [0.3, 0.4) is 0 Å². The molecule has 0 aromatic heterocycles. The Morgan fingerprint density at radius 3 is 2.57 bits per heavy atom. The third kappa shape index (κ3) is 4.54. The molecule has 1 atom stereocenters. The van der Waals surface area contributed by atoms with Crippen LogP contribution < -0.4 is 4.72 Å². The standard InChI is InChI=1S/C13H17NO6S/c1-3-9(12(15)16)8-14-21(18,19)11-6-4-5-10(7-11)13(17)20-2/h4-7,9,14H,3,8H2,1-2H3,(H,15,16). The van der Waals surface area contributed by atoms with Crippen molar-refractivity contribution < 1.29 is 27.9 Å². The largest absolute Gasteiger partial charge is 0.481 e. The highest BCUT2D eigenvalue weighted by atomic mass is 32.2. The molecule has 1 unspecified atom stereocenters. The van der Waals surface area contributed by atoms with Crippen LogP contribution in [0.15, 0.2) is 29.2 Å². The molecule has 0 heterocycles. The summed E-state index contributed by atoms with van der Waals surface area (Å²) >= 11 is 0. The number of ether oxygens (including phenoxy) is 1. The molecule has 0 spiro atoms. The van der Waals surface area contributed by atoms with E-state index in [1.54, 1.807) is 6.92 Å². The number of methoxy groups -OCH3 is 1. The van der Waals surface area contributed by atoms with Crippen molar-refractivity contribution in [2.24, 2.45) is 5.92 Å². The molecule has 0 aliphatic rings. The van der Waals surface area contributed by atoms with E-state index >= 15 is 0 Å². The van der Waals surface area contributed by atoms with Gasteiger partial charge >= 0.3 is 11.9 Å². The molecule has 0 saturated carbocycles. The maximum Gasteiger partial charge on any atom is 0.337 e. The Labute approximate surface area is 123 Å². The summed E-state index contributed by atoms with van der Waals surface area (Å²) in [6.07, 6.45) is 0.306. The van der Waals surface area contributed by atoms with Crippen LogP contribution >= 0.6 is 0 Å². The number of benzene rings is 1. The number of nitrogens with one attached hydrogen (secondary N) is 1. The first-order valence-electron chi connectivity index (χ1n) is 6.22. The van der Waals surface area contributed by atoms with Gasteiger partial charge in [0.05, 0.1) is 23.5 Å². The van der Waals surface area contributed by atoms with E-state index in [4.69, 9.17) is 5.11 Å². The van der Waals surface area contributed by atoms with Gasteiger partial charge in [0.25, 0.3) is 0 Å². The maximum atomic E-state index is 12.1. The molecular weight excluding hydrogens is 298 g/mol. The molecule has 0 aliphatic carbocycles. The Bertz CT molecular complexity index is 625. The SMILES string of the molecule is CCC(CNS(=O)(=O)c1cccc(C(=O)OC)c1)C(=O)O. The molecule has 0 bridgehead atoms. The van der Waals surface area contributed by atoms with E-state index in [0.29, 0.717) is 6.42 Å². The Morgan fingerprint density at radius 1 is 1.38 bits per heavy atom. The smallest absolute Gasteiger partial charge is 0.337 e. The van der Waals surface area contributed by atoms with E-state index in [-0.39, 0.29) is 17.0 Å². The predicted octanol–water partition coefficient (Wildman–Crippen LogP) is 0.862. The van der Waals surface area contributed by atoms with Crippen LogP contribution in [0.25, 0.3) is 0 Å². The lowest BCUT2D eigenvalue weighted by Gasteiger charge is -2.12. The summed E-state index contributed by atoms with van der Waals surface area (Å²) in [5, 5.41) is 8.89. The minimum atomic E-state index is -3.88. The number of hydrogen-bond acceptors (Lipinski definition) is 5. The zero-order valence-corrected chi connectivity index (χ0v) is 12.5. The molecule has 0 saturated heterocycles. The summed E-state index contributed by atoms with van der Waals surface area (Å²) in [6.45, 7) is 1.45. The number of aliphatic carboxylic acids is 1. The fourth-order valence-corrected chi connectivity index (χ4v) is 2.74. The monoisotopic (exact) mass is 315 g/mol. The second kappa shape index (κ2) is 7.19. The normalized spacial score (nSPS) is 12.7. The third-order valence-electron chi connectivity index (χ3n) is 2.93. The highest BCUT2D eigenvalue weighted by molar-refractivity contribution is 7.89. The predicted molar refractivity (Wildman–Crippen MR) is 74.4 cm³/mol. The molecule has 0 amide bonds. The summed E-state index contributed by atoms with van der Waals surface area (Å²) in [6, 6.07) is 5.33. The quantitative estimate of drug-likeness (QED) is 0.722. The van der Waals surface area contributed by atoms with Crippen molar-refractivity contribution >= 4 is 22.0 Å². The van der Waals surface area contributed by atoms with E-state index in [1.807, 2.05) is 0 Å². The topological polar surface area (TPSA) is 110 Å². The number of carbonyl (C=O) groups is 2. The van der Waals surface area contributed by atoms with Crippen LogP contribution in [0.4, 0.5) is 0 Å². The zero-order valence-electron chi connectivity index (χ0n) is 11.7. The Hall–Kier alpha value is -1.93. The molecule has 1 aromatic carbocycles. The molecule has 1 rings (SSSR count). The molecule has 116 valence electrons. The van der Waals surface area contributed by atoms with Crippen LogP contribution in [0.2, 0.25) is 0 Å². The van der Waals surface area contributed by atoms with Crippen molar-refractivity contribution in [3.05, 3.63) is 29.8 Å². The van der Waals surface area contributed by atoms with Gasteiger partial charge in [-0.25, -0.2) is 17.9 Å². The molecule has 0 aliphatic heterocycles. The second-order valence-corrected chi connectivity index (χ2v) is 6.08. The van der Waals surface area contributed by atoms with Crippen molar-refractivity contribution in [3.8, 4) is 0 Å². The lowest BCUT2D eigenvalue weighted by atomic mass is 10.1. The lowest BCUT2D eigenvalue weighted by molar-refractivity contribution is -0.141. The van der Waals surface area contributed by atoms with Gasteiger partial charge < -0.3 is 9.84 Å². The summed E-state index contributed by atoms with van der Waals surface area (Å²) in [7, 11) is -2.69. The molecular formula is C13H17NO6S. The number of sulfonamides is 1. The van der Waals surface area contributed by atoms with Crippen molar-refractivity contribution in [2.75, 3.05) is 13.7 Å². The second-order valence-electron chi connectivity index (χ2n) is 4.31. The summed E-state index contributed by atoms with van der Waals surface area (Å²) < 4.78 is 30.9. The van der Waals surface area contributed by atoms with E-state index in [1.165, 1.54) is 31.4 Å². The van der Waals surface area contributed by atoms with Gasteiger partial charge in [0, 0.05) is 6.54 Å². The minimum absolute atomic E-state index is 0.102. The van der Waals surface area contributed by atoms with Gasteiger partial charge in [-0.3, -0.25) is 4.79 Å². The summed E-state index contributed by atoms with van der Waals surface area (Å²) in [4.78, 5) is 22.1. The molecule has 7 nitrogen and oxygen atoms in total. The van der Waals surface area contributed by atoms with Gasteiger partial charge in [0.15, 0.2) is 0 Å². The number of rotatable bonds is 7. The zero-order chi connectivity index (χ0) is 16.0. The number of esters is 1. The van der Waals surface area contributed by atoms with Crippen LogP contribution in [-0.2, 0) is 19.6 Å². The first-order chi connectivity index (χ1) is 9.81. The molecule has 2 N–H and O–H groups in total. The van der Waals surface area contributed by atoms with Gasteiger partial charge in [-0.2, -0.15) is 0 Å². The number of carboxylic acid groups (broad SMARTS) is 1. The van der Waals surface area contributed by atoms with Gasteiger partial charge in [0.1, 0.15) is 0 Å². The Kier molecular flexibility index (Phi) is 5.86. The number of hydrogen-bond donors (Lipinski definition) is 2. The molecule has 0 radical (unpaired) electrons. The van der Waals surface area contributed by atoms with Gasteiger partial charge in [-0.05, 0) is 24.6 Å². The maximum absolute atomic E-state index is 12.1. The number of carboxylic acids is 1. The van der Waals surface area contributed by atoms with Crippen molar-refractivity contribution in [3.63, 3.8) is 0 Å². The first kappa shape index (κ1) is 17.1. The van der Waals surface area contributed by atoms with E-state index in [2.05, 4.69) is 9.46 Å². The summed E-state index contributed by atoms with van der Waals surface area (Å²) in [5.41, 5.74) is 0.102. The van der Waals surface area contributed by atoms with E-state index in [9.17, 15) is 18.0 Å². The highest BCUT2D eigenvalue weighted by Crippen LogP contribution is 2.13. The molecule has 1 aromatic rings. The first-order valence-corrected chi connectivity index (χ1v) is 7.71. The van der Waals surface area contributed by atoms with Gasteiger partial charge in [-0.15, -0.1) is 0 Å². The van der Waals surface area contributed by atoms with E-state index < -0.39 is 27.9 Å². The van der Waals surface area contributed by atoms with Gasteiger partial charge in [-0.1, -0.05) is 13.0 Å². The third-order valence-corrected chi connectivity index (χ3v) is 4.35. The fraction of sp³-hybridized carbons (Fsp3) is 0.385.